The van der Waals surface area contributed by atoms with Crippen molar-refractivity contribution < 1.29 is 4.74 Å². The topological polar surface area (TPSA) is 86.9 Å². The molecule has 1 spiro atoms. The molecule has 2 N–H and O–H groups in total. The molecule has 4 heterocycles. The van der Waals surface area contributed by atoms with Crippen molar-refractivity contribution in [2.24, 2.45) is 5.41 Å². The van der Waals surface area contributed by atoms with Gasteiger partial charge in [-0.1, -0.05) is 13.8 Å². The molecule has 124 valence electrons. The third-order valence-corrected chi connectivity index (χ3v) is 5.31. The van der Waals surface area contributed by atoms with Gasteiger partial charge in [0.1, 0.15) is 5.52 Å². The summed E-state index contributed by atoms with van der Waals surface area (Å²) in [5, 5.41) is 7.25. The van der Waals surface area contributed by atoms with Gasteiger partial charge in [0.2, 0.25) is 0 Å². The van der Waals surface area contributed by atoms with Crippen molar-refractivity contribution in [1.29, 1.82) is 0 Å². The largest absolute Gasteiger partial charge is 0.381 e. The first-order chi connectivity index (χ1) is 11.1. The Morgan fingerprint density at radius 1 is 1.26 bits per heavy atom. The molecule has 2 aromatic rings. The lowest BCUT2D eigenvalue weighted by atomic mass is 9.78. The Labute approximate surface area is 134 Å². The van der Waals surface area contributed by atoms with Gasteiger partial charge in [-0.25, -0.2) is 4.98 Å². The Kier molecular flexibility index (Phi) is 3.41. The van der Waals surface area contributed by atoms with E-state index < -0.39 is 0 Å². The zero-order valence-electron chi connectivity index (χ0n) is 13.7. The predicted molar refractivity (Wildman–Crippen MR) is 87.9 cm³/mol. The van der Waals surface area contributed by atoms with Crippen LogP contribution in [0.4, 0.5) is 5.82 Å². The van der Waals surface area contributed by atoms with Crippen molar-refractivity contribution in [3.05, 3.63) is 16.0 Å². The molecule has 0 atom stereocenters. The number of aromatic nitrogens is 4. The van der Waals surface area contributed by atoms with E-state index in [1.165, 1.54) is 0 Å². The van der Waals surface area contributed by atoms with Crippen LogP contribution in [0.1, 0.15) is 44.7 Å². The summed E-state index contributed by atoms with van der Waals surface area (Å²) in [6.45, 7) is 7.56. The van der Waals surface area contributed by atoms with E-state index in [1.54, 1.807) is 0 Å². The molecule has 23 heavy (non-hydrogen) atoms. The first-order valence-corrected chi connectivity index (χ1v) is 8.39. The molecule has 7 heteroatoms. The summed E-state index contributed by atoms with van der Waals surface area (Å²) < 4.78 is 5.57. The van der Waals surface area contributed by atoms with Gasteiger partial charge in [0.05, 0.1) is 12.3 Å². The van der Waals surface area contributed by atoms with E-state index >= 15 is 0 Å². The summed E-state index contributed by atoms with van der Waals surface area (Å²) in [4.78, 5) is 22.1. The van der Waals surface area contributed by atoms with Gasteiger partial charge in [-0.2, -0.15) is 5.10 Å². The van der Waals surface area contributed by atoms with Gasteiger partial charge in [-0.15, -0.1) is 0 Å². The van der Waals surface area contributed by atoms with Crippen molar-refractivity contribution in [3.8, 4) is 0 Å². The quantitative estimate of drug-likeness (QED) is 0.881. The molecular formula is C16H23N5O2. The van der Waals surface area contributed by atoms with Gasteiger partial charge in [0, 0.05) is 19.7 Å². The molecule has 0 amide bonds. The Morgan fingerprint density at radius 3 is 2.70 bits per heavy atom. The highest BCUT2D eigenvalue weighted by atomic mass is 16.5. The number of hydrogen-bond acceptors (Lipinski definition) is 5. The molecule has 4 rings (SSSR count). The summed E-state index contributed by atoms with van der Waals surface area (Å²) in [6, 6.07) is 0. The average molecular weight is 317 g/mol. The number of nitrogens with one attached hydrogen (secondary N) is 2. The molecule has 0 aliphatic carbocycles. The Bertz CT molecular complexity index is 762. The summed E-state index contributed by atoms with van der Waals surface area (Å²) in [6.07, 6.45) is 3.26. The lowest BCUT2D eigenvalue weighted by molar-refractivity contribution is 0.133. The standard InChI is InChI=1S/C16H23N5O2/c1-10(2)11-12-13(20-19-11)18-14(15(22)17-12)21-6-3-16(4-7-21)5-8-23-9-16/h10H,3-9H2,1-2H3,(H,17,22)(H,18,19,20). The molecule has 2 aliphatic heterocycles. The Morgan fingerprint density at radius 2 is 2.04 bits per heavy atom. The molecule has 0 aromatic carbocycles. The van der Waals surface area contributed by atoms with Gasteiger partial charge >= 0.3 is 0 Å². The maximum Gasteiger partial charge on any atom is 0.291 e. The fraction of sp³-hybridized carbons (Fsp3) is 0.688. The second-order valence-corrected chi connectivity index (χ2v) is 7.17. The summed E-state index contributed by atoms with van der Waals surface area (Å²) >= 11 is 0. The second kappa shape index (κ2) is 5.33. The van der Waals surface area contributed by atoms with Crippen LogP contribution in [-0.2, 0) is 4.74 Å². The minimum atomic E-state index is -0.126. The number of aromatic amines is 2. The SMILES string of the molecule is CC(C)c1[nH]nc2nc(N3CCC4(CCOC4)CC3)c(=O)[nH]c12. The van der Waals surface area contributed by atoms with Crippen LogP contribution in [0.3, 0.4) is 0 Å². The predicted octanol–water partition coefficient (Wildman–Crippen LogP) is 1.78. The molecule has 0 bridgehead atoms. The highest BCUT2D eigenvalue weighted by Gasteiger charge is 2.38. The third kappa shape index (κ3) is 2.43. The third-order valence-electron chi connectivity index (χ3n) is 5.31. The van der Waals surface area contributed by atoms with Gasteiger partial charge in [0.15, 0.2) is 11.5 Å². The zero-order chi connectivity index (χ0) is 16.0. The van der Waals surface area contributed by atoms with E-state index in [0.29, 0.717) is 16.9 Å². The first kappa shape index (κ1) is 14.7. The molecule has 2 fully saturated rings. The van der Waals surface area contributed by atoms with E-state index in [0.717, 1.165) is 56.8 Å². The molecule has 0 unspecified atom stereocenters. The number of rotatable bonds is 2. The monoisotopic (exact) mass is 317 g/mol. The van der Waals surface area contributed by atoms with E-state index in [9.17, 15) is 4.79 Å². The minimum Gasteiger partial charge on any atom is -0.381 e. The Hall–Kier alpha value is -1.89. The number of anilines is 1. The maximum atomic E-state index is 12.5. The molecule has 0 radical (unpaired) electrons. The normalized spacial score (nSPS) is 20.9. The van der Waals surface area contributed by atoms with Gasteiger partial charge in [-0.3, -0.25) is 9.89 Å². The van der Waals surface area contributed by atoms with Gasteiger partial charge in [0.25, 0.3) is 5.56 Å². The highest BCUT2D eigenvalue weighted by Crippen LogP contribution is 2.39. The van der Waals surface area contributed by atoms with Crippen molar-refractivity contribution in [2.45, 2.75) is 39.0 Å². The number of fused-ring (bicyclic) bond motifs is 1. The van der Waals surface area contributed by atoms with Crippen molar-refractivity contribution >= 4 is 17.0 Å². The number of piperidine rings is 1. The first-order valence-electron chi connectivity index (χ1n) is 8.39. The maximum absolute atomic E-state index is 12.5. The van der Waals surface area contributed by atoms with Crippen LogP contribution in [0.2, 0.25) is 0 Å². The second-order valence-electron chi connectivity index (χ2n) is 7.17. The van der Waals surface area contributed by atoms with Crippen LogP contribution < -0.4 is 10.5 Å². The van der Waals surface area contributed by atoms with Crippen LogP contribution in [0.5, 0.6) is 0 Å². The van der Waals surface area contributed by atoms with E-state index in [2.05, 4.69) is 38.9 Å². The molecule has 2 saturated heterocycles. The van der Waals surface area contributed by atoms with E-state index in [1.807, 2.05) is 0 Å². The fourth-order valence-corrected chi connectivity index (χ4v) is 3.74. The van der Waals surface area contributed by atoms with Gasteiger partial charge < -0.3 is 14.6 Å². The molecular weight excluding hydrogens is 294 g/mol. The molecule has 7 nitrogen and oxygen atoms in total. The van der Waals surface area contributed by atoms with E-state index in [4.69, 9.17) is 4.74 Å². The van der Waals surface area contributed by atoms with Crippen LogP contribution in [0, 0.1) is 5.41 Å². The summed E-state index contributed by atoms with van der Waals surface area (Å²) in [5.74, 6) is 0.758. The molecule has 2 aliphatic rings. The molecule has 2 aromatic heterocycles. The average Bonchev–Trinajstić information content (AvgIpc) is 3.14. The number of hydrogen-bond donors (Lipinski definition) is 2. The minimum absolute atomic E-state index is 0.126. The summed E-state index contributed by atoms with van der Waals surface area (Å²) in [5.41, 5.74) is 2.44. The Balaban J connectivity index is 1.62. The number of ether oxygens (including phenoxy) is 1. The van der Waals surface area contributed by atoms with Crippen molar-refractivity contribution in [3.63, 3.8) is 0 Å². The van der Waals surface area contributed by atoms with Crippen LogP contribution >= 0.6 is 0 Å². The summed E-state index contributed by atoms with van der Waals surface area (Å²) in [7, 11) is 0. The zero-order valence-corrected chi connectivity index (χ0v) is 13.7. The lowest BCUT2D eigenvalue weighted by Crippen LogP contribution is -2.43. The van der Waals surface area contributed by atoms with Crippen molar-refractivity contribution in [2.75, 3.05) is 31.2 Å². The lowest BCUT2D eigenvalue weighted by Gasteiger charge is -2.38. The van der Waals surface area contributed by atoms with Crippen LogP contribution in [0.25, 0.3) is 11.2 Å². The van der Waals surface area contributed by atoms with Crippen molar-refractivity contribution in [1.82, 2.24) is 20.2 Å². The smallest absolute Gasteiger partial charge is 0.291 e. The number of nitrogens with zero attached hydrogens (tertiary/aromatic N) is 3. The van der Waals surface area contributed by atoms with Crippen LogP contribution in [0.15, 0.2) is 4.79 Å². The van der Waals surface area contributed by atoms with Gasteiger partial charge in [-0.05, 0) is 30.6 Å². The number of H-pyrrole nitrogens is 2. The highest BCUT2D eigenvalue weighted by molar-refractivity contribution is 5.74. The van der Waals surface area contributed by atoms with E-state index in [-0.39, 0.29) is 11.5 Å². The van der Waals surface area contributed by atoms with Crippen LogP contribution in [-0.4, -0.2) is 46.5 Å². The fourth-order valence-electron chi connectivity index (χ4n) is 3.74. The molecule has 0 saturated carbocycles.